The Hall–Kier alpha value is -1.44. The second-order valence-corrected chi connectivity index (χ2v) is 5.31. The van der Waals surface area contributed by atoms with Crippen LogP contribution in [0.1, 0.15) is 13.3 Å². The van der Waals surface area contributed by atoms with E-state index in [9.17, 15) is 14.4 Å². The maximum absolute atomic E-state index is 12.1. The van der Waals surface area contributed by atoms with Crippen LogP contribution in [0.5, 0.6) is 0 Å². The average Bonchev–Trinajstić information content (AvgIpc) is 2.84. The number of urea groups is 1. The molecule has 0 aliphatic carbocycles. The Balaban J connectivity index is 2.52. The first kappa shape index (κ1) is 15.6. The normalized spacial score (nSPS) is 18.2. The van der Waals surface area contributed by atoms with Crippen LogP contribution in [0.15, 0.2) is 0 Å². The highest BCUT2D eigenvalue weighted by molar-refractivity contribution is 7.99. The first-order valence-electron chi connectivity index (χ1n) is 6.06. The molecule has 0 aromatic carbocycles. The van der Waals surface area contributed by atoms with Crippen LogP contribution in [0.4, 0.5) is 4.79 Å². The molecule has 0 saturated carbocycles. The molecule has 1 unspecified atom stereocenters. The Morgan fingerprint density at radius 1 is 1.47 bits per heavy atom. The van der Waals surface area contributed by atoms with Crippen molar-refractivity contribution >= 4 is 29.7 Å². The van der Waals surface area contributed by atoms with Crippen LogP contribution in [0, 0.1) is 0 Å². The summed E-state index contributed by atoms with van der Waals surface area (Å²) in [4.78, 5) is 37.1. The van der Waals surface area contributed by atoms with E-state index in [1.54, 1.807) is 0 Å². The lowest BCUT2D eigenvalue weighted by atomic mass is 10.3. The van der Waals surface area contributed by atoms with Gasteiger partial charge < -0.3 is 20.2 Å². The number of carboxylic acid groups (broad SMARTS) is 1. The zero-order valence-corrected chi connectivity index (χ0v) is 11.9. The van der Waals surface area contributed by atoms with Gasteiger partial charge in [-0.15, -0.1) is 11.8 Å². The molecule has 108 valence electrons. The maximum Gasteiger partial charge on any atom is 0.327 e. The van der Waals surface area contributed by atoms with Gasteiger partial charge in [0.2, 0.25) is 5.91 Å². The molecule has 8 heteroatoms. The van der Waals surface area contributed by atoms with Crippen LogP contribution in [0.25, 0.3) is 0 Å². The molecule has 1 aliphatic heterocycles. The van der Waals surface area contributed by atoms with E-state index in [1.807, 2.05) is 6.92 Å². The topological polar surface area (TPSA) is 90.0 Å². The number of thioether (sulfide) groups is 1. The number of aliphatic carboxylic acids is 1. The zero-order valence-electron chi connectivity index (χ0n) is 11.1. The third-order valence-electron chi connectivity index (χ3n) is 2.69. The predicted molar refractivity (Wildman–Crippen MR) is 71.9 cm³/mol. The van der Waals surface area contributed by atoms with Crippen molar-refractivity contribution in [3.8, 4) is 0 Å². The number of amides is 3. The molecule has 1 rings (SSSR count). The molecule has 1 fully saturated rings. The maximum atomic E-state index is 12.1. The van der Waals surface area contributed by atoms with Gasteiger partial charge in [0.25, 0.3) is 0 Å². The molecule has 1 atom stereocenters. The largest absolute Gasteiger partial charge is 0.480 e. The number of carbonyl (C=O) groups excluding carboxylic acids is 2. The van der Waals surface area contributed by atoms with Crippen molar-refractivity contribution in [1.82, 2.24) is 15.1 Å². The summed E-state index contributed by atoms with van der Waals surface area (Å²) in [5.74, 6) is -0.521. The van der Waals surface area contributed by atoms with Crippen molar-refractivity contribution in [2.24, 2.45) is 0 Å². The first-order chi connectivity index (χ1) is 8.97. The van der Waals surface area contributed by atoms with E-state index in [0.717, 1.165) is 6.42 Å². The average molecular weight is 289 g/mol. The van der Waals surface area contributed by atoms with Gasteiger partial charge in [-0.3, -0.25) is 4.79 Å². The summed E-state index contributed by atoms with van der Waals surface area (Å²) < 4.78 is 0. The standard InChI is InChI=1S/C11H19N3O4S/c1-3-4-12-9(15)5-13(2)11(18)14-7-19-6-8(14)10(16)17/h8H,3-7H2,1-2H3,(H,12,15)(H,16,17). The second-order valence-electron chi connectivity index (χ2n) is 4.31. The summed E-state index contributed by atoms with van der Waals surface area (Å²) in [5, 5.41) is 11.7. The van der Waals surface area contributed by atoms with Gasteiger partial charge in [0.05, 0.1) is 5.88 Å². The highest BCUT2D eigenvalue weighted by Gasteiger charge is 2.36. The fourth-order valence-electron chi connectivity index (χ4n) is 1.66. The van der Waals surface area contributed by atoms with Gasteiger partial charge in [0.1, 0.15) is 12.6 Å². The Morgan fingerprint density at radius 2 is 2.16 bits per heavy atom. The minimum atomic E-state index is -1.01. The SMILES string of the molecule is CCCNC(=O)CN(C)C(=O)N1CSCC1C(=O)O. The summed E-state index contributed by atoms with van der Waals surface area (Å²) >= 11 is 1.39. The third kappa shape index (κ3) is 4.30. The van der Waals surface area contributed by atoms with Gasteiger partial charge in [-0.05, 0) is 6.42 Å². The van der Waals surface area contributed by atoms with Crippen LogP contribution in [0.3, 0.4) is 0 Å². The van der Waals surface area contributed by atoms with E-state index in [1.165, 1.54) is 28.6 Å². The number of nitrogens with zero attached hydrogens (tertiary/aromatic N) is 2. The van der Waals surface area contributed by atoms with Gasteiger partial charge >= 0.3 is 12.0 Å². The van der Waals surface area contributed by atoms with Crippen molar-refractivity contribution in [3.63, 3.8) is 0 Å². The van der Waals surface area contributed by atoms with Crippen LogP contribution in [0.2, 0.25) is 0 Å². The number of rotatable bonds is 5. The lowest BCUT2D eigenvalue weighted by Gasteiger charge is -2.26. The molecule has 0 aromatic heterocycles. The molecular weight excluding hydrogens is 270 g/mol. The molecule has 0 aromatic rings. The molecule has 1 heterocycles. The van der Waals surface area contributed by atoms with Crippen LogP contribution in [-0.4, -0.2) is 70.6 Å². The number of hydrogen-bond donors (Lipinski definition) is 2. The molecule has 7 nitrogen and oxygen atoms in total. The smallest absolute Gasteiger partial charge is 0.327 e. The van der Waals surface area contributed by atoms with Gasteiger partial charge in [0.15, 0.2) is 0 Å². The second kappa shape index (κ2) is 7.22. The number of nitrogens with one attached hydrogen (secondary N) is 1. The molecule has 1 aliphatic rings. The van der Waals surface area contributed by atoms with E-state index < -0.39 is 18.0 Å². The quantitative estimate of drug-likeness (QED) is 0.745. The van der Waals surface area contributed by atoms with Crippen LogP contribution < -0.4 is 5.32 Å². The molecule has 0 spiro atoms. The van der Waals surface area contributed by atoms with Gasteiger partial charge in [-0.2, -0.15) is 0 Å². The van der Waals surface area contributed by atoms with Gasteiger partial charge in [-0.25, -0.2) is 9.59 Å². The van der Waals surface area contributed by atoms with E-state index in [2.05, 4.69) is 5.32 Å². The fourth-order valence-corrected chi connectivity index (χ4v) is 2.80. The Morgan fingerprint density at radius 3 is 2.74 bits per heavy atom. The highest BCUT2D eigenvalue weighted by Crippen LogP contribution is 2.22. The van der Waals surface area contributed by atoms with Gasteiger partial charge in [-0.1, -0.05) is 6.92 Å². The molecule has 0 radical (unpaired) electrons. The minimum Gasteiger partial charge on any atom is -0.480 e. The summed E-state index contributed by atoms with van der Waals surface area (Å²) in [6.07, 6.45) is 0.827. The summed E-state index contributed by atoms with van der Waals surface area (Å²) in [7, 11) is 1.50. The molecule has 2 N–H and O–H groups in total. The van der Waals surface area contributed by atoms with Crippen molar-refractivity contribution in [2.75, 3.05) is 31.8 Å². The number of carbonyl (C=O) groups is 3. The zero-order chi connectivity index (χ0) is 14.4. The number of likely N-dealkylation sites (N-methyl/N-ethyl adjacent to an activating group) is 1. The summed E-state index contributed by atoms with van der Waals surface area (Å²) in [6, 6.07) is -1.23. The summed E-state index contributed by atoms with van der Waals surface area (Å²) in [6.45, 7) is 2.44. The molecule has 3 amide bonds. The summed E-state index contributed by atoms with van der Waals surface area (Å²) in [5.41, 5.74) is 0. The lowest BCUT2D eigenvalue weighted by molar-refractivity contribution is -0.140. The molecule has 0 bridgehead atoms. The van der Waals surface area contributed by atoms with E-state index in [-0.39, 0.29) is 12.5 Å². The van der Waals surface area contributed by atoms with Crippen molar-refractivity contribution in [3.05, 3.63) is 0 Å². The molecule has 1 saturated heterocycles. The van der Waals surface area contributed by atoms with Gasteiger partial charge in [0, 0.05) is 19.3 Å². The van der Waals surface area contributed by atoms with Crippen LogP contribution in [-0.2, 0) is 9.59 Å². The van der Waals surface area contributed by atoms with Crippen molar-refractivity contribution in [1.29, 1.82) is 0 Å². The van der Waals surface area contributed by atoms with Crippen LogP contribution >= 0.6 is 11.8 Å². The highest BCUT2D eigenvalue weighted by atomic mass is 32.2. The predicted octanol–water partition coefficient (Wildman–Crippen LogP) is 0.0239. The first-order valence-corrected chi connectivity index (χ1v) is 7.21. The van der Waals surface area contributed by atoms with Crippen molar-refractivity contribution < 1.29 is 19.5 Å². The Kier molecular flexibility index (Phi) is 5.94. The van der Waals surface area contributed by atoms with Crippen molar-refractivity contribution in [2.45, 2.75) is 19.4 Å². The fraction of sp³-hybridized carbons (Fsp3) is 0.727. The van der Waals surface area contributed by atoms with E-state index >= 15 is 0 Å². The third-order valence-corrected chi connectivity index (χ3v) is 3.70. The minimum absolute atomic E-state index is 0.0632. The monoisotopic (exact) mass is 289 g/mol. The molecular formula is C11H19N3O4S. The Labute approximate surface area is 116 Å². The number of hydrogen-bond acceptors (Lipinski definition) is 4. The lowest BCUT2D eigenvalue weighted by Crippen LogP contribution is -2.49. The molecule has 19 heavy (non-hydrogen) atoms. The van der Waals surface area contributed by atoms with E-state index in [0.29, 0.717) is 18.2 Å². The Bertz CT molecular complexity index is 364. The number of carboxylic acids is 1. The van der Waals surface area contributed by atoms with E-state index in [4.69, 9.17) is 5.11 Å².